The van der Waals surface area contributed by atoms with Crippen LogP contribution in [0.4, 0.5) is 11.8 Å². The van der Waals surface area contributed by atoms with E-state index in [9.17, 15) is 20.6 Å². The number of aliphatic hydroxyl groups excluding tert-OH is 2. The largest absolute Gasteiger partial charge is 0.508 e. The van der Waals surface area contributed by atoms with Crippen molar-refractivity contribution in [2.45, 2.75) is 50.8 Å². The molecule has 1 aromatic carbocycles. The summed E-state index contributed by atoms with van der Waals surface area (Å²) in [5.41, 5.74) is 1.35. The van der Waals surface area contributed by atoms with E-state index in [-0.39, 0.29) is 17.8 Å². The Kier molecular flexibility index (Phi) is 7.02. The fourth-order valence-corrected chi connectivity index (χ4v) is 7.40. The molecule has 0 amide bonds. The molecule has 0 radical (unpaired) electrons. The molecule has 9 heteroatoms. The first-order chi connectivity index (χ1) is 17.4. The normalized spacial score (nSPS) is 29.2. The fourth-order valence-electron chi connectivity index (χ4n) is 7.40. The Morgan fingerprint density at radius 2 is 1.94 bits per heavy atom. The van der Waals surface area contributed by atoms with E-state index in [2.05, 4.69) is 38.6 Å². The molecular weight excluding hydrogens is 456 g/mol. The van der Waals surface area contributed by atoms with E-state index in [1.807, 2.05) is 12.1 Å². The number of nitrogens with zero attached hydrogens (tertiary/aromatic N) is 4. The number of hydrogen-bond donors (Lipinski definition) is 5. The fraction of sp³-hybridized carbons (Fsp3) is 0.593. The first kappa shape index (κ1) is 24.8. The SMILES string of the molecule is CN(C[C@H](O)CO)C1[C@@H]2CC3C[C@H]1CC(CNc1nc(NCc4ccccc4O)ncc1C#N)(C3)C2. The van der Waals surface area contributed by atoms with E-state index in [1.165, 1.54) is 19.3 Å². The highest BCUT2D eigenvalue weighted by Gasteiger charge is 2.56. The zero-order valence-electron chi connectivity index (χ0n) is 20.8. The predicted octanol–water partition coefficient (Wildman–Crippen LogP) is 2.56. The van der Waals surface area contributed by atoms with E-state index in [0.717, 1.165) is 30.9 Å². The zero-order chi connectivity index (χ0) is 25.3. The number of para-hydroxylation sites is 1. The number of aromatic hydroxyl groups is 1. The molecular formula is C27H36N6O3. The molecule has 3 unspecified atom stereocenters. The maximum Gasteiger partial charge on any atom is 0.224 e. The molecule has 4 fully saturated rings. The molecule has 0 saturated heterocycles. The summed E-state index contributed by atoms with van der Waals surface area (Å²) in [4.78, 5) is 11.1. The molecule has 192 valence electrons. The highest BCUT2D eigenvalue weighted by molar-refractivity contribution is 5.53. The van der Waals surface area contributed by atoms with Gasteiger partial charge in [0, 0.05) is 31.2 Å². The summed E-state index contributed by atoms with van der Waals surface area (Å²) in [6.45, 7) is 1.46. The second-order valence-electron chi connectivity index (χ2n) is 11.1. The molecule has 4 saturated carbocycles. The second kappa shape index (κ2) is 10.2. The number of nitrogens with one attached hydrogen (secondary N) is 2. The van der Waals surface area contributed by atoms with Gasteiger partial charge in [0.15, 0.2) is 0 Å². The molecule has 6 rings (SSSR count). The molecule has 1 aromatic heterocycles. The number of aromatic nitrogens is 2. The Hall–Kier alpha value is -2.93. The van der Waals surface area contributed by atoms with Crippen molar-refractivity contribution in [3.8, 4) is 11.8 Å². The topological polar surface area (TPSA) is 138 Å². The summed E-state index contributed by atoms with van der Waals surface area (Å²) in [5.74, 6) is 3.08. The van der Waals surface area contributed by atoms with Gasteiger partial charge in [0.2, 0.25) is 5.95 Å². The Bertz CT molecular complexity index is 1100. The van der Waals surface area contributed by atoms with Crippen molar-refractivity contribution in [3.63, 3.8) is 0 Å². The number of rotatable bonds is 10. The lowest BCUT2D eigenvalue weighted by atomic mass is 9.47. The highest BCUT2D eigenvalue weighted by Crippen LogP contribution is 2.61. The lowest BCUT2D eigenvalue weighted by Gasteiger charge is -2.62. The zero-order valence-corrected chi connectivity index (χ0v) is 20.8. The Labute approximate surface area is 212 Å². The van der Waals surface area contributed by atoms with Crippen molar-refractivity contribution in [3.05, 3.63) is 41.6 Å². The number of anilines is 2. The molecule has 4 aliphatic rings. The van der Waals surface area contributed by atoms with Gasteiger partial charge in [-0.1, -0.05) is 18.2 Å². The lowest BCUT2D eigenvalue weighted by molar-refractivity contribution is -0.108. The van der Waals surface area contributed by atoms with Gasteiger partial charge in [-0.15, -0.1) is 0 Å². The molecule has 9 nitrogen and oxygen atoms in total. The molecule has 6 atom stereocenters. The van der Waals surface area contributed by atoms with Crippen molar-refractivity contribution in [2.75, 3.05) is 37.4 Å². The minimum absolute atomic E-state index is 0.185. The van der Waals surface area contributed by atoms with Crippen LogP contribution in [0.5, 0.6) is 5.75 Å². The number of aliphatic hydroxyl groups is 2. The summed E-state index contributed by atoms with van der Waals surface area (Å²) in [6, 6.07) is 9.79. The summed E-state index contributed by atoms with van der Waals surface area (Å²) < 4.78 is 0. The van der Waals surface area contributed by atoms with Gasteiger partial charge in [-0.2, -0.15) is 10.2 Å². The number of likely N-dealkylation sites (N-methyl/N-ethyl adjacent to an activating group) is 1. The van der Waals surface area contributed by atoms with Gasteiger partial charge in [-0.05, 0) is 68.4 Å². The predicted molar refractivity (Wildman–Crippen MR) is 136 cm³/mol. The number of benzene rings is 1. The van der Waals surface area contributed by atoms with Crippen LogP contribution >= 0.6 is 0 Å². The molecule has 4 bridgehead atoms. The monoisotopic (exact) mass is 492 g/mol. The number of hydrogen-bond acceptors (Lipinski definition) is 9. The van der Waals surface area contributed by atoms with Gasteiger partial charge in [-0.3, -0.25) is 0 Å². The molecule has 1 heterocycles. The summed E-state index contributed by atoms with van der Waals surface area (Å²) in [5, 5.41) is 45.6. The van der Waals surface area contributed by atoms with Crippen LogP contribution in [0, 0.1) is 34.5 Å². The molecule has 0 aliphatic heterocycles. The second-order valence-corrected chi connectivity index (χ2v) is 11.1. The maximum atomic E-state index is 10.0. The van der Waals surface area contributed by atoms with E-state index in [1.54, 1.807) is 18.3 Å². The smallest absolute Gasteiger partial charge is 0.224 e. The molecule has 4 aliphatic carbocycles. The van der Waals surface area contributed by atoms with Gasteiger partial charge in [0.25, 0.3) is 0 Å². The van der Waals surface area contributed by atoms with Crippen molar-refractivity contribution < 1.29 is 15.3 Å². The quantitative estimate of drug-likeness (QED) is 0.339. The molecule has 5 N–H and O–H groups in total. The Balaban J connectivity index is 1.26. The number of phenols is 1. The lowest BCUT2D eigenvalue weighted by Crippen LogP contribution is -2.60. The van der Waals surface area contributed by atoms with Crippen LogP contribution in [0.2, 0.25) is 0 Å². The minimum Gasteiger partial charge on any atom is -0.508 e. The van der Waals surface area contributed by atoms with Gasteiger partial charge in [-0.25, -0.2) is 4.98 Å². The third-order valence-corrected chi connectivity index (χ3v) is 8.54. The van der Waals surface area contributed by atoms with Crippen LogP contribution in [0.3, 0.4) is 0 Å². The van der Waals surface area contributed by atoms with Gasteiger partial charge < -0.3 is 30.9 Å². The average molecular weight is 493 g/mol. The summed E-state index contributed by atoms with van der Waals surface area (Å²) >= 11 is 0. The van der Waals surface area contributed by atoms with E-state index >= 15 is 0 Å². The Morgan fingerprint density at radius 3 is 2.64 bits per heavy atom. The highest BCUT2D eigenvalue weighted by atomic mass is 16.3. The van der Waals surface area contributed by atoms with Gasteiger partial charge >= 0.3 is 0 Å². The van der Waals surface area contributed by atoms with E-state index in [0.29, 0.717) is 48.3 Å². The van der Waals surface area contributed by atoms with Gasteiger partial charge in [0.05, 0.1) is 18.9 Å². The third-order valence-electron chi connectivity index (χ3n) is 8.54. The van der Waals surface area contributed by atoms with Gasteiger partial charge in [0.1, 0.15) is 23.2 Å². The van der Waals surface area contributed by atoms with Crippen molar-refractivity contribution in [1.82, 2.24) is 14.9 Å². The van der Waals surface area contributed by atoms with Crippen molar-refractivity contribution in [1.29, 1.82) is 5.26 Å². The molecule has 2 aromatic rings. The van der Waals surface area contributed by atoms with Crippen molar-refractivity contribution in [2.24, 2.45) is 23.2 Å². The van der Waals surface area contributed by atoms with E-state index in [4.69, 9.17) is 0 Å². The third kappa shape index (κ3) is 4.99. The maximum absolute atomic E-state index is 10.0. The first-order valence-corrected chi connectivity index (χ1v) is 12.9. The van der Waals surface area contributed by atoms with E-state index < -0.39 is 6.10 Å². The number of nitriles is 1. The van der Waals surface area contributed by atoms with Crippen LogP contribution in [0.1, 0.15) is 43.2 Å². The first-order valence-electron chi connectivity index (χ1n) is 12.9. The van der Waals surface area contributed by atoms with Crippen LogP contribution in [0.15, 0.2) is 30.5 Å². The molecule has 0 spiro atoms. The van der Waals surface area contributed by atoms with Crippen LogP contribution in [0.25, 0.3) is 0 Å². The van der Waals surface area contributed by atoms with Crippen LogP contribution in [-0.2, 0) is 6.54 Å². The molecule has 36 heavy (non-hydrogen) atoms. The average Bonchev–Trinajstić information content (AvgIpc) is 2.86. The summed E-state index contributed by atoms with van der Waals surface area (Å²) in [6.07, 6.45) is 6.78. The van der Waals surface area contributed by atoms with Crippen molar-refractivity contribution >= 4 is 11.8 Å². The Morgan fingerprint density at radius 1 is 1.19 bits per heavy atom. The number of phenolic OH excluding ortho intramolecular Hbond substituents is 1. The van der Waals surface area contributed by atoms with Crippen LogP contribution in [-0.4, -0.2) is 69.1 Å². The minimum atomic E-state index is -0.696. The summed E-state index contributed by atoms with van der Waals surface area (Å²) in [7, 11) is 2.08. The standard InChI is InChI=1S/C27H36N6O3/c1-33(14-22(35)15-34)24-19-6-17-7-20(24)10-27(8-17,9-19)16-31-25-21(11-28)13-30-26(32-25)29-12-18-4-2-3-5-23(18)36/h2-5,13,17,19-20,22,24,34-36H,6-10,12,14-16H2,1H3,(H2,29,30,31,32)/t17?,19-,20+,22-,24?,27?/m0/s1. The van der Waals surface area contributed by atoms with Crippen LogP contribution < -0.4 is 10.6 Å².